The van der Waals surface area contributed by atoms with Crippen molar-refractivity contribution < 1.29 is 9.90 Å². The molecule has 90 valence electrons. The van der Waals surface area contributed by atoms with Gasteiger partial charge in [-0.2, -0.15) is 0 Å². The van der Waals surface area contributed by atoms with Gasteiger partial charge in [-0.15, -0.1) is 11.6 Å². The number of unbranched alkanes of at least 4 members (excludes halogenated alkanes) is 2. The van der Waals surface area contributed by atoms with Crippen molar-refractivity contribution in [2.45, 2.75) is 47.7 Å². The van der Waals surface area contributed by atoms with Crippen LogP contribution in [-0.2, 0) is 4.79 Å². The molecule has 6 heteroatoms. The lowest BCUT2D eigenvalue weighted by molar-refractivity contribution is -0.140. The van der Waals surface area contributed by atoms with Crippen molar-refractivity contribution >= 4 is 52.4 Å². The van der Waals surface area contributed by atoms with Crippen molar-refractivity contribution in [3.05, 3.63) is 0 Å². The van der Waals surface area contributed by atoms with E-state index in [4.69, 9.17) is 51.5 Å². The lowest BCUT2D eigenvalue weighted by Crippen LogP contribution is -2.36. The van der Waals surface area contributed by atoms with Crippen molar-refractivity contribution in [3.63, 3.8) is 0 Å². The summed E-state index contributed by atoms with van der Waals surface area (Å²) in [4.78, 5) is 9.51. The molecule has 0 aliphatic rings. The first-order valence-corrected chi connectivity index (χ1v) is 6.21. The Kier molecular flexibility index (Phi) is 6.65. The molecule has 0 bridgehead atoms. The minimum Gasteiger partial charge on any atom is -0.480 e. The summed E-state index contributed by atoms with van der Waals surface area (Å²) < 4.78 is -1.63. The third kappa shape index (κ3) is 6.72. The van der Waals surface area contributed by atoms with E-state index in [1.807, 2.05) is 6.92 Å². The highest BCUT2D eigenvalue weighted by Crippen LogP contribution is 2.40. The number of hydrogen-bond donors (Lipinski definition) is 1. The number of carboxylic acids is 1. The molecule has 0 heterocycles. The summed E-state index contributed by atoms with van der Waals surface area (Å²) in [6, 6.07) is 0. The van der Waals surface area contributed by atoms with Crippen LogP contribution in [0.25, 0.3) is 0 Å². The molecule has 2 nitrogen and oxygen atoms in total. The molecule has 1 N–H and O–H groups in total. The number of carbonyl (C=O) groups is 1. The highest BCUT2D eigenvalue weighted by atomic mass is 35.6. The summed E-state index contributed by atoms with van der Waals surface area (Å²) >= 11 is 22.6. The van der Waals surface area contributed by atoms with Gasteiger partial charge in [-0.25, -0.2) is 0 Å². The third-order valence-electron chi connectivity index (χ3n) is 2.04. The minimum absolute atomic E-state index is 0.189. The Morgan fingerprint density at radius 3 is 2.07 bits per heavy atom. The Labute approximate surface area is 110 Å². The smallest absolute Gasteiger partial charge is 0.324 e. The van der Waals surface area contributed by atoms with Gasteiger partial charge in [-0.05, 0) is 6.42 Å². The largest absolute Gasteiger partial charge is 0.480 e. The molecule has 0 aliphatic heterocycles. The van der Waals surface area contributed by atoms with Crippen LogP contribution in [0.2, 0.25) is 0 Å². The zero-order valence-corrected chi connectivity index (χ0v) is 11.4. The second-order valence-electron chi connectivity index (χ2n) is 3.52. The SMILES string of the molecule is CCCCCC(Cl)(CC(Cl)(Cl)Cl)C(=O)O. The van der Waals surface area contributed by atoms with E-state index < -0.39 is 14.6 Å². The zero-order chi connectivity index (χ0) is 12.1. The Morgan fingerprint density at radius 2 is 1.73 bits per heavy atom. The van der Waals surface area contributed by atoms with Crippen LogP contribution in [0.3, 0.4) is 0 Å². The van der Waals surface area contributed by atoms with Crippen LogP contribution < -0.4 is 0 Å². The van der Waals surface area contributed by atoms with E-state index in [1.54, 1.807) is 0 Å². The normalized spacial score (nSPS) is 16.1. The first kappa shape index (κ1) is 15.6. The van der Waals surface area contributed by atoms with E-state index in [2.05, 4.69) is 0 Å². The number of rotatable bonds is 6. The average molecular weight is 296 g/mol. The van der Waals surface area contributed by atoms with Gasteiger partial charge in [0.25, 0.3) is 0 Å². The maximum Gasteiger partial charge on any atom is 0.324 e. The first-order chi connectivity index (χ1) is 6.71. The molecule has 15 heavy (non-hydrogen) atoms. The predicted octanol–water partition coefficient (Wildman–Crippen LogP) is 4.39. The van der Waals surface area contributed by atoms with E-state index in [0.717, 1.165) is 12.8 Å². The lowest BCUT2D eigenvalue weighted by Gasteiger charge is -2.25. The summed E-state index contributed by atoms with van der Waals surface area (Å²) in [5.74, 6) is -1.13. The molecular weight excluding hydrogens is 282 g/mol. The van der Waals surface area contributed by atoms with E-state index in [-0.39, 0.29) is 6.42 Å². The maximum atomic E-state index is 11.0. The average Bonchev–Trinajstić information content (AvgIpc) is 2.01. The molecule has 0 fully saturated rings. The Morgan fingerprint density at radius 1 is 1.20 bits per heavy atom. The van der Waals surface area contributed by atoms with Gasteiger partial charge < -0.3 is 5.11 Å². The molecule has 0 spiro atoms. The Balaban J connectivity index is 4.39. The van der Waals surface area contributed by atoms with Crippen LogP contribution in [0.5, 0.6) is 0 Å². The summed E-state index contributed by atoms with van der Waals surface area (Å²) in [6.45, 7) is 2.02. The monoisotopic (exact) mass is 294 g/mol. The van der Waals surface area contributed by atoms with E-state index in [1.165, 1.54) is 0 Å². The standard InChI is InChI=1S/C9H14Cl4O2/c1-2-3-4-5-8(10,7(14)15)6-9(11,12)13/h2-6H2,1H3,(H,14,15). The van der Waals surface area contributed by atoms with Crippen LogP contribution in [0.15, 0.2) is 0 Å². The van der Waals surface area contributed by atoms with Crippen LogP contribution in [0.1, 0.15) is 39.0 Å². The minimum atomic E-state index is -1.63. The van der Waals surface area contributed by atoms with Crippen LogP contribution in [0, 0.1) is 0 Å². The van der Waals surface area contributed by atoms with Crippen molar-refractivity contribution in [2.24, 2.45) is 0 Å². The predicted molar refractivity (Wildman–Crippen MR) is 65.3 cm³/mol. The number of carboxylic acid groups (broad SMARTS) is 1. The maximum absolute atomic E-state index is 11.0. The van der Waals surface area contributed by atoms with Gasteiger partial charge in [0.05, 0.1) is 0 Å². The highest BCUT2D eigenvalue weighted by Gasteiger charge is 2.42. The topological polar surface area (TPSA) is 37.3 Å². The summed E-state index contributed by atoms with van der Waals surface area (Å²) in [6.07, 6.45) is 2.74. The van der Waals surface area contributed by atoms with E-state index in [0.29, 0.717) is 12.8 Å². The molecule has 0 aromatic carbocycles. The molecule has 0 saturated carbocycles. The third-order valence-corrected chi connectivity index (χ3v) is 2.93. The van der Waals surface area contributed by atoms with Gasteiger partial charge in [0.2, 0.25) is 0 Å². The van der Waals surface area contributed by atoms with Crippen molar-refractivity contribution in [1.82, 2.24) is 0 Å². The molecule has 0 radical (unpaired) electrons. The number of hydrogen-bond acceptors (Lipinski definition) is 1. The fraction of sp³-hybridized carbons (Fsp3) is 0.889. The molecule has 0 aromatic heterocycles. The highest BCUT2D eigenvalue weighted by molar-refractivity contribution is 6.67. The molecule has 1 unspecified atom stereocenters. The van der Waals surface area contributed by atoms with Crippen LogP contribution in [-0.4, -0.2) is 19.7 Å². The van der Waals surface area contributed by atoms with Gasteiger partial charge in [0.15, 0.2) is 3.79 Å². The van der Waals surface area contributed by atoms with E-state index in [9.17, 15) is 4.79 Å². The van der Waals surface area contributed by atoms with Crippen LogP contribution in [0.4, 0.5) is 0 Å². The Bertz CT molecular complexity index is 215. The van der Waals surface area contributed by atoms with Gasteiger partial charge in [-0.1, -0.05) is 61.0 Å². The Hall–Kier alpha value is 0.630. The fourth-order valence-electron chi connectivity index (χ4n) is 1.24. The second-order valence-corrected chi connectivity index (χ2v) is 6.76. The second kappa shape index (κ2) is 6.39. The quantitative estimate of drug-likeness (QED) is 0.583. The molecule has 0 amide bonds. The zero-order valence-electron chi connectivity index (χ0n) is 8.40. The summed E-state index contributed by atoms with van der Waals surface area (Å²) in [5.41, 5.74) is 0. The lowest BCUT2D eigenvalue weighted by atomic mass is 9.97. The molecular formula is C9H14Cl4O2. The van der Waals surface area contributed by atoms with Gasteiger partial charge in [0.1, 0.15) is 4.87 Å². The summed E-state index contributed by atoms with van der Waals surface area (Å²) in [5, 5.41) is 8.99. The van der Waals surface area contributed by atoms with E-state index >= 15 is 0 Å². The van der Waals surface area contributed by atoms with Gasteiger partial charge in [-0.3, -0.25) is 4.79 Å². The molecule has 0 rings (SSSR count). The molecule has 1 atom stereocenters. The first-order valence-electron chi connectivity index (χ1n) is 4.70. The van der Waals surface area contributed by atoms with Gasteiger partial charge >= 0.3 is 5.97 Å². The number of alkyl halides is 4. The van der Waals surface area contributed by atoms with Crippen LogP contribution >= 0.6 is 46.4 Å². The van der Waals surface area contributed by atoms with Crippen molar-refractivity contribution in [1.29, 1.82) is 0 Å². The number of aliphatic carboxylic acids is 1. The summed E-state index contributed by atoms with van der Waals surface area (Å²) in [7, 11) is 0. The fourth-order valence-corrected chi connectivity index (χ4v) is 2.47. The van der Waals surface area contributed by atoms with Crippen molar-refractivity contribution in [2.75, 3.05) is 0 Å². The number of halogens is 4. The molecule has 0 aromatic rings. The molecule has 0 aliphatic carbocycles. The molecule has 0 saturated heterocycles. The van der Waals surface area contributed by atoms with Crippen molar-refractivity contribution in [3.8, 4) is 0 Å². The van der Waals surface area contributed by atoms with Gasteiger partial charge in [0, 0.05) is 6.42 Å².